The number of aliphatic imine (C=N–C) groups is 1. The molecule has 10 heteroatoms. The van der Waals surface area contributed by atoms with Crippen molar-refractivity contribution in [3.05, 3.63) is 70.3 Å². The summed E-state index contributed by atoms with van der Waals surface area (Å²) >= 11 is 0. The molecule has 0 aliphatic rings. The number of ketones is 1. The summed E-state index contributed by atoms with van der Waals surface area (Å²) in [5.41, 5.74) is 17.5. The Bertz CT molecular complexity index is 895. The second kappa shape index (κ2) is 9.95. The molecule has 2 rings (SSSR count). The molecule has 0 bridgehead atoms. The molecule has 7 N–H and O–H groups in total. The number of amides is 1. The van der Waals surface area contributed by atoms with Crippen LogP contribution in [0.15, 0.2) is 59.6 Å². The third kappa shape index (κ3) is 6.40. The number of guanidine groups is 1. The number of Topliss-reactive ketones (excluding diaryl/α,β-unsaturated/α-hetero) is 1. The number of nitrogens with two attached hydrogens (primary N) is 3. The number of nitrogens with zero attached hydrogens (tertiary/aromatic N) is 2. The zero-order valence-electron chi connectivity index (χ0n) is 15.5. The van der Waals surface area contributed by atoms with Crippen LogP contribution in [-0.2, 0) is 4.79 Å². The molecule has 0 aromatic heterocycles. The van der Waals surface area contributed by atoms with Gasteiger partial charge >= 0.3 is 0 Å². The molecular formula is C19H22N6O4. The van der Waals surface area contributed by atoms with E-state index in [1.807, 2.05) is 0 Å². The molecule has 1 amide bonds. The number of non-ortho nitro benzene ring substituents is 1. The number of anilines is 1. The fourth-order valence-electron chi connectivity index (χ4n) is 2.60. The Morgan fingerprint density at radius 1 is 1.03 bits per heavy atom. The predicted molar refractivity (Wildman–Crippen MR) is 109 cm³/mol. The molecule has 0 aliphatic carbocycles. The third-order valence-electron chi connectivity index (χ3n) is 4.10. The van der Waals surface area contributed by atoms with Crippen molar-refractivity contribution in [1.82, 2.24) is 0 Å². The molecule has 2 aromatic carbocycles. The van der Waals surface area contributed by atoms with E-state index < -0.39 is 22.9 Å². The zero-order valence-corrected chi connectivity index (χ0v) is 15.5. The summed E-state index contributed by atoms with van der Waals surface area (Å²) in [6.45, 7) is 0. The highest BCUT2D eigenvalue weighted by molar-refractivity contribution is 6.01. The van der Waals surface area contributed by atoms with E-state index in [-0.39, 0.29) is 30.3 Å². The molecule has 0 saturated carbocycles. The van der Waals surface area contributed by atoms with Crippen LogP contribution in [0.4, 0.5) is 11.4 Å². The summed E-state index contributed by atoms with van der Waals surface area (Å²) in [4.78, 5) is 39.0. The molecule has 29 heavy (non-hydrogen) atoms. The molecule has 0 spiro atoms. The van der Waals surface area contributed by atoms with E-state index in [0.29, 0.717) is 11.3 Å². The second-order valence-corrected chi connectivity index (χ2v) is 6.28. The third-order valence-corrected chi connectivity index (χ3v) is 4.10. The lowest BCUT2D eigenvalue weighted by Gasteiger charge is -2.16. The van der Waals surface area contributed by atoms with Gasteiger partial charge in [-0.3, -0.25) is 19.7 Å². The molecule has 0 saturated heterocycles. The summed E-state index contributed by atoms with van der Waals surface area (Å²) in [5, 5.41) is 13.2. The fraction of sp³-hybridized carbons (Fsp3) is 0.211. The molecule has 0 fully saturated rings. The lowest BCUT2D eigenvalue weighted by Crippen LogP contribution is -2.37. The van der Waals surface area contributed by atoms with E-state index in [0.717, 1.165) is 0 Å². The molecule has 152 valence electrons. The van der Waals surface area contributed by atoms with Crippen LogP contribution in [0.5, 0.6) is 0 Å². The van der Waals surface area contributed by atoms with Gasteiger partial charge in [0.1, 0.15) is 6.04 Å². The Labute approximate surface area is 166 Å². The topological polar surface area (TPSA) is 180 Å². The van der Waals surface area contributed by atoms with E-state index in [1.54, 1.807) is 30.3 Å². The number of carbonyl (C=O) groups is 2. The highest BCUT2D eigenvalue weighted by Gasteiger charge is 2.23. The Hall–Kier alpha value is -3.79. The number of rotatable bonds is 9. The van der Waals surface area contributed by atoms with Crippen LogP contribution in [0.3, 0.4) is 0 Å². The van der Waals surface area contributed by atoms with Gasteiger partial charge in [-0.05, 0) is 25.0 Å². The van der Waals surface area contributed by atoms with Crippen LogP contribution in [0.2, 0.25) is 0 Å². The minimum absolute atomic E-state index is 0.0909. The maximum Gasteiger partial charge on any atom is 0.269 e. The van der Waals surface area contributed by atoms with E-state index in [4.69, 9.17) is 17.2 Å². The van der Waals surface area contributed by atoms with E-state index >= 15 is 0 Å². The van der Waals surface area contributed by atoms with Gasteiger partial charge in [-0.1, -0.05) is 30.3 Å². The van der Waals surface area contributed by atoms with Crippen LogP contribution in [0, 0.1) is 10.1 Å². The van der Waals surface area contributed by atoms with Crippen LogP contribution < -0.4 is 22.5 Å². The molecule has 2 aromatic rings. The summed E-state index contributed by atoms with van der Waals surface area (Å²) in [5.74, 6) is -1.00. The van der Waals surface area contributed by atoms with Crippen molar-refractivity contribution in [2.24, 2.45) is 22.2 Å². The lowest BCUT2D eigenvalue weighted by atomic mass is 9.98. The van der Waals surface area contributed by atoms with Gasteiger partial charge < -0.3 is 22.5 Å². The maximum absolute atomic E-state index is 12.6. The Kier molecular flexibility index (Phi) is 7.38. The van der Waals surface area contributed by atoms with Crippen molar-refractivity contribution in [1.29, 1.82) is 0 Å². The molecule has 10 nitrogen and oxygen atoms in total. The molecule has 2 atom stereocenters. The van der Waals surface area contributed by atoms with Gasteiger partial charge in [-0.25, -0.2) is 4.99 Å². The van der Waals surface area contributed by atoms with Crippen LogP contribution in [-0.4, -0.2) is 34.7 Å². The highest BCUT2D eigenvalue weighted by Crippen LogP contribution is 2.16. The Morgan fingerprint density at radius 3 is 2.21 bits per heavy atom. The second-order valence-electron chi connectivity index (χ2n) is 6.28. The number of hydrogen-bond donors (Lipinski definition) is 4. The number of nitro groups is 1. The van der Waals surface area contributed by atoms with Crippen molar-refractivity contribution in [3.8, 4) is 0 Å². The summed E-state index contributed by atoms with van der Waals surface area (Å²) in [7, 11) is 0. The number of carbonyl (C=O) groups excluding carboxylic acids is 2. The molecular weight excluding hydrogens is 376 g/mol. The lowest BCUT2D eigenvalue weighted by molar-refractivity contribution is -0.384. The number of hydrogen-bond acceptors (Lipinski definition) is 6. The van der Waals surface area contributed by atoms with Gasteiger partial charge in [-0.15, -0.1) is 0 Å². The summed E-state index contributed by atoms with van der Waals surface area (Å²) in [6, 6.07) is 12.1. The minimum atomic E-state index is -0.925. The van der Waals surface area contributed by atoms with E-state index in [1.165, 1.54) is 24.3 Å². The van der Waals surface area contributed by atoms with Crippen molar-refractivity contribution >= 4 is 29.0 Å². The molecule has 0 heterocycles. The first-order valence-corrected chi connectivity index (χ1v) is 8.77. The smallest absolute Gasteiger partial charge is 0.269 e. The summed E-state index contributed by atoms with van der Waals surface area (Å²) < 4.78 is 0. The normalized spacial score (nSPS) is 12.4. The number of nitrogens with one attached hydrogen (secondary N) is 1. The SMILES string of the molecule is NC(N)=NC(CC[C@H](N)C(=O)Nc1ccc([N+](=O)[O-])cc1)C(=O)c1ccccc1. The average molecular weight is 398 g/mol. The van der Waals surface area contributed by atoms with Crippen LogP contribution in [0.1, 0.15) is 23.2 Å². The minimum Gasteiger partial charge on any atom is -0.370 e. The van der Waals surface area contributed by atoms with Gasteiger partial charge in [0.25, 0.3) is 5.69 Å². The number of nitro benzene ring substituents is 1. The monoisotopic (exact) mass is 398 g/mol. The fourth-order valence-corrected chi connectivity index (χ4v) is 2.60. The van der Waals surface area contributed by atoms with E-state index in [9.17, 15) is 19.7 Å². The van der Waals surface area contributed by atoms with Crippen molar-refractivity contribution in [2.45, 2.75) is 24.9 Å². The first-order valence-electron chi connectivity index (χ1n) is 8.77. The Balaban J connectivity index is 1.98. The molecule has 0 radical (unpaired) electrons. The van der Waals surface area contributed by atoms with Gasteiger partial charge in [0.15, 0.2) is 11.7 Å². The van der Waals surface area contributed by atoms with Gasteiger partial charge in [0, 0.05) is 23.4 Å². The molecule has 0 aliphatic heterocycles. The first kappa shape index (κ1) is 21.5. The van der Waals surface area contributed by atoms with Crippen LogP contribution in [0.25, 0.3) is 0 Å². The van der Waals surface area contributed by atoms with Gasteiger partial charge in [0.05, 0.1) is 11.0 Å². The number of benzene rings is 2. The van der Waals surface area contributed by atoms with Gasteiger partial charge in [-0.2, -0.15) is 0 Å². The zero-order chi connectivity index (χ0) is 21.4. The van der Waals surface area contributed by atoms with Gasteiger partial charge in [0.2, 0.25) is 5.91 Å². The van der Waals surface area contributed by atoms with Crippen LogP contribution >= 0.6 is 0 Å². The summed E-state index contributed by atoms with van der Waals surface area (Å²) in [6.07, 6.45) is 0.319. The van der Waals surface area contributed by atoms with E-state index in [2.05, 4.69) is 10.3 Å². The van der Waals surface area contributed by atoms with Crippen molar-refractivity contribution in [2.75, 3.05) is 5.32 Å². The average Bonchev–Trinajstić information content (AvgIpc) is 2.71. The largest absolute Gasteiger partial charge is 0.370 e. The maximum atomic E-state index is 12.6. The highest BCUT2D eigenvalue weighted by atomic mass is 16.6. The van der Waals surface area contributed by atoms with Crippen molar-refractivity contribution in [3.63, 3.8) is 0 Å². The van der Waals surface area contributed by atoms with Crippen molar-refractivity contribution < 1.29 is 14.5 Å². The standard InChI is InChI=1S/C19H22N6O4/c20-15(18(27)23-13-6-8-14(9-7-13)25(28)29)10-11-16(24-19(21)22)17(26)12-4-2-1-3-5-12/h1-9,15-16H,10-11,20H2,(H,23,27)(H4,21,22,24)/t15-,16?/m0/s1. The predicted octanol–water partition coefficient (Wildman–Crippen LogP) is 1.17. The molecule has 1 unspecified atom stereocenters. The first-order chi connectivity index (χ1) is 13.8. The Morgan fingerprint density at radius 2 is 1.66 bits per heavy atom. The quantitative estimate of drug-likeness (QED) is 0.161.